The van der Waals surface area contributed by atoms with Crippen molar-refractivity contribution in [2.75, 3.05) is 0 Å². The van der Waals surface area contributed by atoms with Crippen LogP contribution in [0, 0.1) is 5.82 Å². The van der Waals surface area contributed by atoms with Gasteiger partial charge in [-0.15, -0.1) is 0 Å². The minimum atomic E-state index is -4.91. The van der Waals surface area contributed by atoms with Crippen LogP contribution in [-0.2, 0) is 17.1 Å². The molecule has 1 aromatic rings. The summed E-state index contributed by atoms with van der Waals surface area (Å²) >= 11 is 0. The second-order valence-electron chi connectivity index (χ2n) is 4.86. The highest BCUT2D eigenvalue weighted by molar-refractivity contribution is 7.89. The quantitative estimate of drug-likeness (QED) is 0.797. The minimum Gasteiger partial charge on any atom is -0.476 e. The molecule has 0 amide bonds. The van der Waals surface area contributed by atoms with Gasteiger partial charge in [-0.25, -0.2) is 17.6 Å². The number of carbonyl (C=O) groups is 1. The van der Waals surface area contributed by atoms with Crippen molar-refractivity contribution in [3.8, 4) is 0 Å². The van der Waals surface area contributed by atoms with Crippen molar-refractivity contribution in [2.45, 2.75) is 36.9 Å². The molecule has 0 saturated carbocycles. The Kier molecular flexibility index (Phi) is 4.64. The van der Waals surface area contributed by atoms with Crippen LogP contribution in [0.4, 0.5) is 17.6 Å². The summed E-state index contributed by atoms with van der Waals surface area (Å²) in [4.78, 5) is 9.67. The summed E-state index contributed by atoms with van der Waals surface area (Å²) < 4.78 is 78.8. The van der Waals surface area contributed by atoms with E-state index in [1.807, 2.05) is 0 Å². The van der Waals surface area contributed by atoms with Crippen LogP contribution < -0.4 is 4.72 Å². The number of aromatic carboxylic acids is 1. The SMILES string of the molecule is CC[C@@](C)(NS(=O)(=O)c1cn(C)c(C(=O)O)c1F)C(F)(F)F. The Morgan fingerprint density at radius 1 is 1.41 bits per heavy atom. The molecule has 0 unspecified atom stereocenters. The van der Waals surface area contributed by atoms with Gasteiger partial charge in [0.1, 0.15) is 10.4 Å². The first-order valence-electron chi connectivity index (χ1n) is 5.95. The van der Waals surface area contributed by atoms with Gasteiger partial charge in [-0.05, 0) is 13.3 Å². The van der Waals surface area contributed by atoms with Crippen molar-refractivity contribution >= 4 is 16.0 Å². The maximum atomic E-state index is 13.9. The van der Waals surface area contributed by atoms with E-state index in [2.05, 4.69) is 0 Å². The van der Waals surface area contributed by atoms with E-state index >= 15 is 0 Å². The minimum absolute atomic E-state index is 0.605. The van der Waals surface area contributed by atoms with Crippen molar-refractivity contribution in [2.24, 2.45) is 7.05 Å². The summed E-state index contributed by atoms with van der Waals surface area (Å²) in [5.74, 6) is -3.36. The molecule has 0 aliphatic rings. The molecule has 0 fully saturated rings. The molecule has 0 aliphatic heterocycles. The summed E-state index contributed by atoms with van der Waals surface area (Å²) in [6.45, 7) is 1.73. The van der Waals surface area contributed by atoms with Crippen LogP contribution in [0.1, 0.15) is 30.8 Å². The molecule has 22 heavy (non-hydrogen) atoms. The number of carboxylic acid groups (broad SMARTS) is 1. The molecule has 1 atom stereocenters. The molecule has 126 valence electrons. The maximum Gasteiger partial charge on any atom is 0.407 e. The number of aromatic nitrogens is 1. The Morgan fingerprint density at radius 2 is 1.91 bits per heavy atom. The van der Waals surface area contributed by atoms with E-state index in [0.29, 0.717) is 17.7 Å². The third kappa shape index (κ3) is 3.09. The summed E-state index contributed by atoms with van der Waals surface area (Å²) in [5.41, 5.74) is -3.78. The Morgan fingerprint density at radius 3 is 2.23 bits per heavy atom. The number of alkyl halides is 3. The molecule has 1 rings (SSSR count). The lowest BCUT2D eigenvalue weighted by atomic mass is 10.0. The summed E-state index contributed by atoms with van der Waals surface area (Å²) in [5, 5.41) is 8.78. The van der Waals surface area contributed by atoms with Crippen LogP contribution in [0.3, 0.4) is 0 Å². The van der Waals surface area contributed by atoms with E-state index in [1.165, 1.54) is 4.72 Å². The molecule has 11 heteroatoms. The predicted molar refractivity (Wildman–Crippen MR) is 67.4 cm³/mol. The molecule has 1 aromatic heterocycles. The van der Waals surface area contributed by atoms with Crippen molar-refractivity contribution in [3.63, 3.8) is 0 Å². The van der Waals surface area contributed by atoms with E-state index in [0.717, 1.165) is 14.0 Å². The topological polar surface area (TPSA) is 88.4 Å². The van der Waals surface area contributed by atoms with E-state index in [-0.39, 0.29) is 0 Å². The molecule has 0 radical (unpaired) electrons. The Labute approximate surface area is 123 Å². The molecule has 0 saturated heterocycles. The number of sulfonamides is 1. The van der Waals surface area contributed by atoms with Crippen LogP contribution in [0.2, 0.25) is 0 Å². The van der Waals surface area contributed by atoms with Crippen LogP contribution in [-0.4, -0.2) is 35.8 Å². The lowest BCUT2D eigenvalue weighted by Crippen LogP contribution is -2.56. The predicted octanol–water partition coefficient (Wildman–Crippen LogP) is 1.87. The number of nitrogens with one attached hydrogen (secondary N) is 1. The van der Waals surface area contributed by atoms with Gasteiger partial charge in [-0.1, -0.05) is 6.92 Å². The number of hydrogen-bond acceptors (Lipinski definition) is 3. The largest absolute Gasteiger partial charge is 0.476 e. The van der Waals surface area contributed by atoms with Crippen LogP contribution in [0.15, 0.2) is 11.1 Å². The van der Waals surface area contributed by atoms with Gasteiger partial charge in [0.2, 0.25) is 10.0 Å². The van der Waals surface area contributed by atoms with Crippen molar-refractivity contribution in [1.82, 2.24) is 9.29 Å². The number of hydrogen-bond donors (Lipinski definition) is 2. The molecule has 0 aromatic carbocycles. The zero-order chi connectivity index (χ0) is 17.5. The number of nitrogens with zero attached hydrogens (tertiary/aromatic N) is 1. The van der Waals surface area contributed by atoms with Crippen molar-refractivity contribution < 1.29 is 35.9 Å². The van der Waals surface area contributed by atoms with Gasteiger partial charge in [-0.3, -0.25) is 0 Å². The van der Waals surface area contributed by atoms with Gasteiger partial charge in [0.25, 0.3) is 0 Å². The summed E-state index contributed by atoms with van der Waals surface area (Å²) in [7, 11) is -3.84. The first kappa shape index (κ1) is 18.4. The van der Waals surface area contributed by atoms with E-state index in [4.69, 9.17) is 5.11 Å². The molecular weight excluding hydrogens is 332 g/mol. The van der Waals surface area contributed by atoms with Gasteiger partial charge in [0.15, 0.2) is 11.5 Å². The molecule has 6 nitrogen and oxygen atoms in total. The first-order chi connectivity index (χ1) is 9.77. The first-order valence-corrected chi connectivity index (χ1v) is 7.44. The van der Waals surface area contributed by atoms with Crippen molar-refractivity contribution in [1.29, 1.82) is 0 Å². The smallest absolute Gasteiger partial charge is 0.407 e. The van der Waals surface area contributed by atoms with Gasteiger partial charge >= 0.3 is 12.1 Å². The lowest BCUT2D eigenvalue weighted by molar-refractivity contribution is -0.186. The van der Waals surface area contributed by atoms with E-state index in [1.54, 1.807) is 0 Å². The number of carboxylic acids is 1. The van der Waals surface area contributed by atoms with Crippen LogP contribution >= 0.6 is 0 Å². The second kappa shape index (κ2) is 5.54. The average molecular weight is 346 g/mol. The zero-order valence-corrected chi connectivity index (χ0v) is 12.6. The summed E-state index contributed by atoms with van der Waals surface area (Å²) in [6, 6.07) is 0. The highest BCUT2D eigenvalue weighted by atomic mass is 32.2. The normalized spacial score (nSPS) is 15.6. The molecule has 1 heterocycles. The Balaban J connectivity index is 3.39. The van der Waals surface area contributed by atoms with E-state index in [9.17, 15) is 30.8 Å². The van der Waals surface area contributed by atoms with E-state index < -0.39 is 50.5 Å². The van der Waals surface area contributed by atoms with Crippen molar-refractivity contribution in [3.05, 3.63) is 17.7 Å². The van der Waals surface area contributed by atoms with Gasteiger partial charge in [-0.2, -0.15) is 17.9 Å². The number of aryl methyl sites for hydroxylation is 1. The molecule has 0 spiro atoms. The molecular formula is C11H14F4N2O4S. The maximum absolute atomic E-state index is 13.9. The van der Waals surface area contributed by atoms with Crippen LogP contribution in [0.5, 0.6) is 0 Å². The monoisotopic (exact) mass is 346 g/mol. The highest BCUT2D eigenvalue weighted by Crippen LogP contribution is 2.34. The van der Waals surface area contributed by atoms with Crippen LogP contribution in [0.25, 0.3) is 0 Å². The van der Waals surface area contributed by atoms with Gasteiger partial charge in [0.05, 0.1) is 0 Å². The number of rotatable bonds is 5. The van der Waals surface area contributed by atoms with Gasteiger partial charge < -0.3 is 9.67 Å². The third-order valence-corrected chi connectivity index (χ3v) is 4.86. The average Bonchev–Trinajstić information content (AvgIpc) is 2.63. The third-order valence-electron chi connectivity index (χ3n) is 3.27. The fraction of sp³-hybridized carbons (Fsp3) is 0.545. The Bertz CT molecular complexity index is 696. The Hall–Kier alpha value is -1.62. The molecule has 2 N–H and O–H groups in total. The summed E-state index contributed by atoms with van der Waals surface area (Å²) in [6.07, 6.45) is -4.93. The number of halogens is 4. The lowest BCUT2D eigenvalue weighted by Gasteiger charge is -2.31. The van der Waals surface area contributed by atoms with Gasteiger partial charge in [0, 0.05) is 13.2 Å². The highest BCUT2D eigenvalue weighted by Gasteiger charge is 2.52. The molecule has 0 aliphatic carbocycles. The fourth-order valence-electron chi connectivity index (χ4n) is 1.68. The second-order valence-corrected chi connectivity index (χ2v) is 6.51. The fourth-order valence-corrected chi connectivity index (χ4v) is 3.28. The molecule has 0 bridgehead atoms. The zero-order valence-electron chi connectivity index (χ0n) is 11.8. The standard InChI is InChI=1S/C11H14F4N2O4S/c1-4-10(2,11(13,14)15)16-22(20,21)6-5-17(3)8(7(6)12)9(18)19/h5,16H,4H2,1-3H3,(H,18,19)/t10-/m1/s1.